The van der Waals surface area contributed by atoms with E-state index in [1.807, 2.05) is 0 Å². The van der Waals surface area contributed by atoms with E-state index in [1.54, 1.807) is 0 Å². The first-order chi connectivity index (χ1) is 4.90. The van der Waals surface area contributed by atoms with Crippen LogP contribution in [0.4, 0.5) is 0 Å². The Morgan fingerprint density at radius 1 is 1.60 bits per heavy atom. The molecule has 2 rings (SSSR count). The van der Waals surface area contributed by atoms with Crippen LogP contribution in [0.3, 0.4) is 0 Å². The topological polar surface area (TPSA) is 12.4 Å². The van der Waals surface area contributed by atoms with Gasteiger partial charge in [0.2, 0.25) is 0 Å². The van der Waals surface area contributed by atoms with Crippen molar-refractivity contribution in [2.24, 2.45) is 10.9 Å². The SMILES string of the molecule is CCCC1=N[C@@H]2C=C[C@@H]2C1. The zero-order valence-electron chi connectivity index (χ0n) is 6.38. The summed E-state index contributed by atoms with van der Waals surface area (Å²) in [5, 5.41) is 0. The molecule has 1 nitrogen and oxygen atoms in total. The minimum absolute atomic E-state index is 0.585. The summed E-state index contributed by atoms with van der Waals surface area (Å²) in [5.74, 6) is 0.793. The molecule has 0 amide bonds. The standard InChI is InChI=1S/C9H13N/c1-2-3-8-6-7-4-5-9(7)10-8/h4-5,7,9H,2-3,6H2,1H3/t7-,9-/m1/s1. The summed E-state index contributed by atoms with van der Waals surface area (Å²) >= 11 is 0. The highest BCUT2D eigenvalue weighted by Crippen LogP contribution is 2.32. The third-order valence-electron chi connectivity index (χ3n) is 2.34. The van der Waals surface area contributed by atoms with Crippen LogP contribution in [0.25, 0.3) is 0 Å². The average molecular weight is 135 g/mol. The number of hydrogen-bond donors (Lipinski definition) is 0. The second-order valence-electron chi connectivity index (χ2n) is 3.19. The zero-order valence-corrected chi connectivity index (χ0v) is 6.38. The van der Waals surface area contributed by atoms with Crippen molar-refractivity contribution < 1.29 is 0 Å². The molecule has 0 saturated heterocycles. The van der Waals surface area contributed by atoms with Gasteiger partial charge < -0.3 is 0 Å². The molecule has 10 heavy (non-hydrogen) atoms. The maximum atomic E-state index is 4.58. The van der Waals surface area contributed by atoms with E-state index in [-0.39, 0.29) is 0 Å². The van der Waals surface area contributed by atoms with Gasteiger partial charge in [0.05, 0.1) is 6.04 Å². The monoisotopic (exact) mass is 135 g/mol. The molecule has 0 N–H and O–H groups in total. The van der Waals surface area contributed by atoms with E-state index in [2.05, 4.69) is 24.1 Å². The van der Waals surface area contributed by atoms with Gasteiger partial charge in [0.25, 0.3) is 0 Å². The molecule has 1 aliphatic carbocycles. The molecule has 54 valence electrons. The summed E-state index contributed by atoms with van der Waals surface area (Å²) in [6, 6.07) is 0.585. The fraction of sp³-hybridized carbons (Fsp3) is 0.667. The Morgan fingerprint density at radius 3 is 2.90 bits per heavy atom. The van der Waals surface area contributed by atoms with Gasteiger partial charge in [-0.05, 0) is 12.8 Å². The van der Waals surface area contributed by atoms with Gasteiger partial charge in [-0.15, -0.1) is 0 Å². The van der Waals surface area contributed by atoms with Crippen molar-refractivity contribution in [1.82, 2.24) is 0 Å². The van der Waals surface area contributed by atoms with E-state index in [1.165, 1.54) is 25.0 Å². The fourth-order valence-corrected chi connectivity index (χ4v) is 1.69. The van der Waals surface area contributed by atoms with Gasteiger partial charge in [-0.3, -0.25) is 4.99 Å². The zero-order chi connectivity index (χ0) is 6.97. The van der Waals surface area contributed by atoms with Crippen LogP contribution >= 0.6 is 0 Å². The molecule has 0 radical (unpaired) electrons. The van der Waals surface area contributed by atoms with Crippen molar-refractivity contribution >= 4 is 5.71 Å². The summed E-state index contributed by atoms with van der Waals surface area (Å²) in [6.07, 6.45) is 8.21. The van der Waals surface area contributed by atoms with Gasteiger partial charge in [0.15, 0.2) is 0 Å². The van der Waals surface area contributed by atoms with Crippen molar-refractivity contribution in [3.63, 3.8) is 0 Å². The molecule has 1 heteroatoms. The lowest BCUT2D eigenvalue weighted by atomic mass is 9.88. The van der Waals surface area contributed by atoms with Crippen molar-refractivity contribution in [3.05, 3.63) is 12.2 Å². The van der Waals surface area contributed by atoms with Crippen molar-refractivity contribution in [3.8, 4) is 0 Å². The van der Waals surface area contributed by atoms with E-state index in [9.17, 15) is 0 Å². The number of fused-ring (bicyclic) bond motifs is 1. The molecule has 0 unspecified atom stereocenters. The first kappa shape index (κ1) is 6.14. The lowest BCUT2D eigenvalue weighted by Gasteiger charge is -2.17. The highest BCUT2D eigenvalue weighted by atomic mass is 14.9. The van der Waals surface area contributed by atoms with Crippen LogP contribution in [0, 0.1) is 5.92 Å². The highest BCUT2D eigenvalue weighted by Gasteiger charge is 2.29. The molecular weight excluding hydrogens is 122 g/mol. The molecule has 0 aromatic rings. The normalized spacial score (nSPS) is 35.1. The van der Waals surface area contributed by atoms with Crippen LogP contribution in [-0.4, -0.2) is 11.8 Å². The number of nitrogens with zero attached hydrogens (tertiary/aromatic N) is 1. The minimum Gasteiger partial charge on any atom is -0.286 e. The van der Waals surface area contributed by atoms with Crippen LogP contribution in [0.15, 0.2) is 17.1 Å². The fourth-order valence-electron chi connectivity index (χ4n) is 1.69. The van der Waals surface area contributed by atoms with Crippen molar-refractivity contribution in [2.45, 2.75) is 32.2 Å². The van der Waals surface area contributed by atoms with Crippen LogP contribution in [-0.2, 0) is 0 Å². The smallest absolute Gasteiger partial charge is 0.0745 e. The number of hydrogen-bond acceptors (Lipinski definition) is 1. The van der Waals surface area contributed by atoms with Crippen LogP contribution in [0.2, 0.25) is 0 Å². The molecule has 0 fully saturated rings. The van der Waals surface area contributed by atoms with E-state index in [0.29, 0.717) is 6.04 Å². The first-order valence-electron chi connectivity index (χ1n) is 4.14. The molecule has 1 heterocycles. The molecule has 0 aromatic heterocycles. The van der Waals surface area contributed by atoms with Gasteiger partial charge in [-0.2, -0.15) is 0 Å². The van der Waals surface area contributed by atoms with Gasteiger partial charge in [-0.1, -0.05) is 25.5 Å². The van der Waals surface area contributed by atoms with Crippen LogP contribution in [0.5, 0.6) is 0 Å². The Bertz CT molecular complexity index is 191. The maximum Gasteiger partial charge on any atom is 0.0745 e. The lowest BCUT2D eigenvalue weighted by Crippen LogP contribution is -2.16. The Hall–Kier alpha value is -0.590. The minimum atomic E-state index is 0.585. The summed E-state index contributed by atoms with van der Waals surface area (Å²) < 4.78 is 0. The molecule has 0 saturated carbocycles. The number of aliphatic imine (C=N–C) groups is 1. The van der Waals surface area contributed by atoms with Crippen LogP contribution < -0.4 is 0 Å². The van der Waals surface area contributed by atoms with Crippen molar-refractivity contribution in [2.75, 3.05) is 0 Å². The average Bonchev–Trinajstić information content (AvgIpc) is 2.14. The quantitative estimate of drug-likeness (QED) is 0.515. The lowest BCUT2D eigenvalue weighted by molar-refractivity contribution is 0.585. The van der Waals surface area contributed by atoms with Crippen LogP contribution in [0.1, 0.15) is 26.2 Å². The van der Waals surface area contributed by atoms with E-state index in [0.717, 1.165) is 5.92 Å². The Kier molecular flexibility index (Phi) is 1.37. The molecule has 2 atom stereocenters. The molecule has 0 aromatic carbocycles. The Balaban J connectivity index is 1.97. The predicted octanol–water partition coefficient (Wildman–Crippen LogP) is 2.19. The Morgan fingerprint density at radius 2 is 2.50 bits per heavy atom. The largest absolute Gasteiger partial charge is 0.286 e. The summed E-state index contributed by atoms with van der Waals surface area (Å²) in [6.45, 7) is 2.22. The second kappa shape index (κ2) is 2.22. The summed E-state index contributed by atoms with van der Waals surface area (Å²) in [5.41, 5.74) is 1.45. The Labute approximate surface area is 61.9 Å². The number of rotatable bonds is 2. The van der Waals surface area contributed by atoms with E-state index in [4.69, 9.17) is 0 Å². The first-order valence-corrected chi connectivity index (χ1v) is 4.14. The van der Waals surface area contributed by atoms with Gasteiger partial charge in [0.1, 0.15) is 0 Å². The molecular formula is C9H13N. The van der Waals surface area contributed by atoms with E-state index < -0.39 is 0 Å². The third-order valence-corrected chi connectivity index (χ3v) is 2.34. The summed E-state index contributed by atoms with van der Waals surface area (Å²) in [7, 11) is 0. The van der Waals surface area contributed by atoms with Gasteiger partial charge in [-0.25, -0.2) is 0 Å². The predicted molar refractivity (Wildman–Crippen MR) is 43.4 cm³/mol. The van der Waals surface area contributed by atoms with Gasteiger partial charge in [0, 0.05) is 11.6 Å². The third kappa shape index (κ3) is 0.808. The molecule has 2 aliphatic rings. The van der Waals surface area contributed by atoms with Gasteiger partial charge >= 0.3 is 0 Å². The summed E-state index contributed by atoms with van der Waals surface area (Å²) in [4.78, 5) is 4.58. The molecule has 1 aliphatic heterocycles. The molecule has 0 spiro atoms. The second-order valence-corrected chi connectivity index (χ2v) is 3.19. The maximum absolute atomic E-state index is 4.58. The van der Waals surface area contributed by atoms with E-state index >= 15 is 0 Å². The highest BCUT2D eigenvalue weighted by molar-refractivity contribution is 5.87. The molecule has 0 bridgehead atoms. The van der Waals surface area contributed by atoms with Crippen molar-refractivity contribution in [1.29, 1.82) is 0 Å².